The molecular formula is C15H21NO4. The van der Waals surface area contributed by atoms with Gasteiger partial charge in [0.2, 0.25) is 0 Å². The van der Waals surface area contributed by atoms with Crippen LogP contribution in [-0.4, -0.2) is 25.2 Å². The lowest BCUT2D eigenvalue weighted by Gasteiger charge is -2.13. The number of rotatable bonds is 7. The zero-order valence-corrected chi connectivity index (χ0v) is 11.8. The van der Waals surface area contributed by atoms with E-state index in [0.717, 1.165) is 12.8 Å². The number of carbonyl (C=O) groups is 1. The largest absolute Gasteiger partial charge is 0.490 e. The summed E-state index contributed by atoms with van der Waals surface area (Å²) in [4.78, 5) is 17.0. The number of benzene rings is 1. The molecule has 1 saturated carbocycles. The predicted molar refractivity (Wildman–Crippen MR) is 74.6 cm³/mol. The molecule has 0 spiro atoms. The average molecular weight is 279 g/mol. The Morgan fingerprint density at radius 3 is 2.50 bits per heavy atom. The fraction of sp³-hybridized carbons (Fsp3) is 0.533. The van der Waals surface area contributed by atoms with Crippen molar-refractivity contribution in [1.82, 2.24) is 5.48 Å². The van der Waals surface area contributed by atoms with Gasteiger partial charge < -0.3 is 9.47 Å². The number of hydrogen-bond donors (Lipinski definition) is 1. The van der Waals surface area contributed by atoms with Gasteiger partial charge in [-0.3, -0.25) is 9.63 Å². The van der Waals surface area contributed by atoms with Crippen molar-refractivity contribution in [3.63, 3.8) is 0 Å². The van der Waals surface area contributed by atoms with Crippen LogP contribution >= 0.6 is 0 Å². The predicted octanol–water partition coefficient (Wildman–Crippen LogP) is 2.45. The summed E-state index contributed by atoms with van der Waals surface area (Å²) in [6, 6.07) is 7.29. The maximum atomic E-state index is 11.6. The van der Waals surface area contributed by atoms with Crippen LogP contribution in [0.15, 0.2) is 24.3 Å². The minimum Gasteiger partial charge on any atom is -0.490 e. The van der Waals surface area contributed by atoms with E-state index in [1.54, 1.807) is 6.07 Å². The van der Waals surface area contributed by atoms with Crippen LogP contribution in [0.25, 0.3) is 0 Å². The highest BCUT2D eigenvalue weighted by molar-refractivity contribution is 5.76. The molecule has 1 aliphatic carbocycles. The first-order valence-electron chi connectivity index (χ1n) is 7.08. The lowest BCUT2D eigenvalue weighted by molar-refractivity contribution is -0.140. The van der Waals surface area contributed by atoms with E-state index in [9.17, 15) is 4.79 Å². The number of hydrogen-bond acceptors (Lipinski definition) is 4. The van der Waals surface area contributed by atoms with E-state index >= 15 is 0 Å². The van der Waals surface area contributed by atoms with Gasteiger partial charge in [-0.15, -0.1) is 0 Å². The Morgan fingerprint density at radius 1 is 1.20 bits per heavy atom. The molecule has 0 heterocycles. The van der Waals surface area contributed by atoms with Crippen LogP contribution in [0.3, 0.4) is 0 Å². The number of para-hydroxylation sites is 2. The van der Waals surface area contributed by atoms with Gasteiger partial charge in [0.05, 0.1) is 12.7 Å². The standard InChI is InChI=1S/C15H21NO4/c1-2-18-13-9-5-6-10-14(13)19-11-15(17)16-20-12-7-3-4-8-12/h5-6,9-10,12H,2-4,7-8,11H2,1H3,(H,16,17). The van der Waals surface area contributed by atoms with E-state index in [2.05, 4.69) is 5.48 Å². The molecule has 0 aliphatic heterocycles. The molecule has 0 aromatic heterocycles. The second-order valence-corrected chi connectivity index (χ2v) is 4.72. The molecule has 1 fully saturated rings. The quantitative estimate of drug-likeness (QED) is 0.779. The van der Waals surface area contributed by atoms with Crippen molar-refractivity contribution in [3.05, 3.63) is 24.3 Å². The zero-order chi connectivity index (χ0) is 14.2. The summed E-state index contributed by atoms with van der Waals surface area (Å²) in [6.45, 7) is 2.37. The van der Waals surface area contributed by atoms with E-state index in [1.165, 1.54) is 12.8 Å². The van der Waals surface area contributed by atoms with Crippen molar-refractivity contribution in [2.75, 3.05) is 13.2 Å². The van der Waals surface area contributed by atoms with Crippen molar-refractivity contribution in [1.29, 1.82) is 0 Å². The molecule has 5 nitrogen and oxygen atoms in total. The van der Waals surface area contributed by atoms with Crippen LogP contribution in [0.5, 0.6) is 11.5 Å². The molecule has 0 bridgehead atoms. The molecular weight excluding hydrogens is 258 g/mol. The lowest BCUT2D eigenvalue weighted by Crippen LogP contribution is -2.32. The highest BCUT2D eigenvalue weighted by Crippen LogP contribution is 2.26. The normalized spacial score (nSPS) is 15.1. The van der Waals surface area contributed by atoms with Crippen LogP contribution in [0, 0.1) is 0 Å². The summed E-state index contributed by atoms with van der Waals surface area (Å²) in [5.74, 6) is 0.910. The van der Waals surface area contributed by atoms with E-state index in [0.29, 0.717) is 18.1 Å². The minimum atomic E-state index is -0.289. The third-order valence-corrected chi connectivity index (χ3v) is 3.15. The minimum absolute atomic E-state index is 0.0865. The van der Waals surface area contributed by atoms with E-state index in [4.69, 9.17) is 14.3 Å². The van der Waals surface area contributed by atoms with E-state index < -0.39 is 0 Å². The van der Waals surface area contributed by atoms with Gasteiger partial charge in [-0.25, -0.2) is 5.48 Å². The third kappa shape index (κ3) is 4.42. The monoisotopic (exact) mass is 279 g/mol. The molecule has 0 atom stereocenters. The number of hydroxylamine groups is 1. The second kappa shape index (κ2) is 7.75. The van der Waals surface area contributed by atoms with Gasteiger partial charge >= 0.3 is 0 Å². The fourth-order valence-corrected chi connectivity index (χ4v) is 2.17. The third-order valence-electron chi connectivity index (χ3n) is 3.15. The summed E-state index contributed by atoms with van der Waals surface area (Å²) in [6.07, 6.45) is 4.50. The van der Waals surface area contributed by atoms with E-state index in [-0.39, 0.29) is 18.6 Å². The molecule has 1 aliphatic rings. The van der Waals surface area contributed by atoms with Crippen LogP contribution in [0.2, 0.25) is 0 Å². The van der Waals surface area contributed by atoms with Crippen molar-refractivity contribution < 1.29 is 19.1 Å². The Hall–Kier alpha value is -1.75. The van der Waals surface area contributed by atoms with Gasteiger partial charge in [0.1, 0.15) is 0 Å². The fourth-order valence-electron chi connectivity index (χ4n) is 2.17. The SMILES string of the molecule is CCOc1ccccc1OCC(=O)NOC1CCCC1. The Bertz CT molecular complexity index is 430. The van der Waals surface area contributed by atoms with Gasteiger partial charge in [-0.05, 0) is 31.9 Å². The van der Waals surface area contributed by atoms with Crippen molar-refractivity contribution >= 4 is 5.91 Å². The molecule has 20 heavy (non-hydrogen) atoms. The molecule has 0 saturated heterocycles. The Labute approximate surface area is 119 Å². The average Bonchev–Trinajstić information content (AvgIpc) is 2.98. The first kappa shape index (κ1) is 14.7. The molecule has 2 rings (SSSR count). The maximum Gasteiger partial charge on any atom is 0.281 e. The van der Waals surface area contributed by atoms with Crippen LogP contribution < -0.4 is 15.0 Å². The highest BCUT2D eigenvalue weighted by atomic mass is 16.7. The number of ether oxygens (including phenoxy) is 2. The summed E-state index contributed by atoms with van der Waals surface area (Å²) in [5.41, 5.74) is 2.44. The highest BCUT2D eigenvalue weighted by Gasteiger charge is 2.17. The Balaban J connectivity index is 1.74. The lowest BCUT2D eigenvalue weighted by atomic mass is 10.3. The second-order valence-electron chi connectivity index (χ2n) is 4.72. The molecule has 1 amide bonds. The molecule has 0 radical (unpaired) electrons. The van der Waals surface area contributed by atoms with Gasteiger partial charge in [0.15, 0.2) is 18.1 Å². The maximum absolute atomic E-state index is 11.6. The molecule has 110 valence electrons. The van der Waals surface area contributed by atoms with Gasteiger partial charge in [-0.1, -0.05) is 25.0 Å². The number of nitrogens with one attached hydrogen (secondary N) is 1. The van der Waals surface area contributed by atoms with Crippen LogP contribution in [0.1, 0.15) is 32.6 Å². The van der Waals surface area contributed by atoms with Crippen molar-refractivity contribution in [3.8, 4) is 11.5 Å². The molecule has 5 heteroatoms. The van der Waals surface area contributed by atoms with Crippen molar-refractivity contribution in [2.45, 2.75) is 38.7 Å². The zero-order valence-electron chi connectivity index (χ0n) is 11.8. The van der Waals surface area contributed by atoms with E-state index in [1.807, 2.05) is 25.1 Å². The topological polar surface area (TPSA) is 56.8 Å². The Morgan fingerprint density at radius 2 is 1.85 bits per heavy atom. The summed E-state index contributed by atoms with van der Waals surface area (Å²) in [5, 5.41) is 0. The van der Waals surface area contributed by atoms with Crippen molar-refractivity contribution in [2.24, 2.45) is 0 Å². The molecule has 1 N–H and O–H groups in total. The molecule has 0 unspecified atom stereocenters. The first-order chi connectivity index (χ1) is 9.79. The Kier molecular flexibility index (Phi) is 5.68. The van der Waals surface area contributed by atoms with Crippen LogP contribution in [-0.2, 0) is 9.63 Å². The summed E-state index contributed by atoms with van der Waals surface area (Å²) < 4.78 is 10.9. The van der Waals surface area contributed by atoms with Gasteiger partial charge in [-0.2, -0.15) is 0 Å². The number of carbonyl (C=O) groups excluding carboxylic acids is 1. The van der Waals surface area contributed by atoms with Crippen LogP contribution in [0.4, 0.5) is 0 Å². The molecule has 1 aromatic rings. The summed E-state index contributed by atoms with van der Waals surface area (Å²) >= 11 is 0. The molecule has 1 aromatic carbocycles. The number of amides is 1. The first-order valence-corrected chi connectivity index (χ1v) is 7.08. The van der Waals surface area contributed by atoms with Gasteiger partial charge in [0.25, 0.3) is 5.91 Å². The van der Waals surface area contributed by atoms with Gasteiger partial charge in [0, 0.05) is 0 Å². The smallest absolute Gasteiger partial charge is 0.281 e. The summed E-state index contributed by atoms with van der Waals surface area (Å²) in [7, 11) is 0.